The van der Waals surface area contributed by atoms with Gasteiger partial charge < -0.3 is 10.1 Å². The van der Waals surface area contributed by atoms with Crippen LogP contribution in [0, 0.1) is 0 Å². The molecule has 1 amide bonds. The highest BCUT2D eigenvalue weighted by Crippen LogP contribution is 2.25. The predicted octanol–water partition coefficient (Wildman–Crippen LogP) is 0.647. The lowest BCUT2D eigenvalue weighted by molar-refractivity contribution is 0.137. The van der Waals surface area contributed by atoms with Crippen molar-refractivity contribution in [3.63, 3.8) is 0 Å². The van der Waals surface area contributed by atoms with Crippen molar-refractivity contribution >= 4 is 6.09 Å². The summed E-state index contributed by atoms with van der Waals surface area (Å²) in [5.74, 6) is 0. The summed E-state index contributed by atoms with van der Waals surface area (Å²) in [6.45, 7) is 0. The Morgan fingerprint density at radius 1 is 1.56 bits per heavy atom. The number of carbonyl (C=O) groups excluding carboxylic acids is 1. The van der Waals surface area contributed by atoms with Crippen LogP contribution in [0.1, 0.15) is 19.3 Å². The van der Waals surface area contributed by atoms with Gasteiger partial charge in [0.1, 0.15) is 6.10 Å². The third-order valence-electron chi connectivity index (χ3n) is 2.01. The van der Waals surface area contributed by atoms with Gasteiger partial charge in [-0.2, -0.15) is 0 Å². The molecule has 0 aromatic rings. The number of carbonyl (C=O) groups is 1. The lowest BCUT2D eigenvalue weighted by Gasteiger charge is -2.02. The molecule has 1 aliphatic carbocycles. The van der Waals surface area contributed by atoms with E-state index < -0.39 is 0 Å². The largest absolute Gasteiger partial charge is 0.444 e. The number of nitrogens with one attached hydrogen (secondary N) is 1. The lowest BCUT2D eigenvalue weighted by atomic mass is 10.2. The monoisotopic (exact) mass is 127 g/mol. The molecule has 0 aromatic carbocycles. The summed E-state index contributed by atoms with van der Waals surface area (Å²) < 4.78 is 4.94. The normalized spacial score (nSPS) is 39.8. The van der Waals surface area contributed by atoms with Crippen molar-refractivity contribution in [2.45, 2.75) is 31.4 Å². The van der Waals surface area contributed by atoms with E-state index in [2.05, 4.69) is 5.32 Å². The first-order valence-electron chi connectivity index (χ1n) is 3.33. The van der Waals surface area contributed by atoms with Crippen LogP contribution in [0.5, 0.6) is 0 Å². The molecule has 9 heavy (non-hydrogen) atoms. The van der Waals surface area contributed by atoms with Crippen molar-refractivity contribution in [1.29, 1.82) is 0 Å². The molecule has 1 saturated carbocycles. The van der Waals surface area contributed by atoms with Gasteiger partial charge in [0.2, 0.25) is 0 Å². The standard InChI is InChI=1S/C6H9NO2/c8-6-7-4-2-1-3-5(4)9-6/h4-5H,1-3H2,(H,7,8). The van der Waals surface area contributed by atoms with E-state index >= 15 is 0 Å². The van der Waals surface area contributed by atoms with Gasteiger partial charge in [0.05, 0.1) is 6.04 Å². The van der Waals surface area contributed by atoms with Gasteiger partial charge in [0.15, 0.2) is 0 Å². The van der Waals surface area contributed by atoms with Gasteiger partial charge in [-0.3, -0.25) is 0 Å². The smallest absolute Gasteiger partial charge is 0.407 e. The van der Waals surface area contributed by atoms with Crippen molar-refractivity contribution in [3.05, 3.63) is 0 Å². The Kier molecular flexibility index (Phi) is 0.917. The number of amides is 1. The molecule has 2 fully saturated rings. The van der Waals surface area contributed by atoms with Crippen LogP contribution in [0.4, 0.5) is 4.79 Å². The Hall–Kier alpha value is -0.730. The molecule has 2 unspecified atom stereocenters. The number of ether oxygens (including phenoxy) is 1. The maximum atomic E-state index is 10.5. The number of rotatable bonds is 0. The van der Waals surface area contributed by atoms with Crippen LogP contribution >= 0.6 is 0 Å². The molecule has 1 saturated heterocycles. The summed E-state index contributed by atoms with van der Waals surface area (Å²) in [6, 6.07) is 0.331. The van der Waals surface area contributed by atoms with Crippen LogP contribution in [0.3, 0.4) is 0 Å². The average molecular weight is 127 g/mol. The van der Waals surface area contributed by atoms with E-state index in [9.17, 15) is 4.79 Å². The van der Waals surface area contributed by atoms with Crippen molar-refractivity contribution < 1.29 is 9.53 Å². The van der Waals surface area contributed by atoms with E-state index in [1.165, 1.54) is 6.42 Å². The molecule has 0 radical (unpaired) electrons. The number of hydrogen-bond acceptors (Lipinski definition) is 2. The van der Waals surface area contributed by atoms with E-state index in [0.29, 0.717) is 6.04 Å². The summed E-state index contributed by atoms with van der Waals surface area (Å²) in [5, 5.41) is 2.75. The van der Waals surface area contributed by atoms with Gasteiger partial charge in [-0.15, -0.1) is 0 Å². The number of fused-ring (bicyclic) bond motifs is 1. The predicted molar refractivity (Wildman–Crippen MR) is 31.0 cm³/mol. The minimum Gasteiger partial charge on any atom is -0.444 e. The number of hydrogen-bond donors (Lipinski definition) is 1. The summed E-state index contributed by atoms with van der Waals surface area (Å²) >= 11 is 0. The molecule has 2 atom stereocenters. The SMILES string of the molecule is O=C1NC2CCCC2O1. The van der Waals surface area contributed by atoms with Crippen molar-refractivity contribution in [2.75, 3.05) is 0 Å². The van der Waals surface area contributed by atoms with E-state index in [1.807, 2.05) is 0 Å². The maximum absolute atomic E-state index is 10.5. The van der Waals surface area contributed by atoms with Crippen LogP contribution in [0.2, 0.25) is 0 Å². The molecule has 3 nitrogen and oxygen atoms in total. The van der Waals surface area contributed by atoms with Gasteiger partial charge >= 0.3 is 6.09 Å². The van der Waals surface area contributed by atoms with E-state index in [4.69, 9.17) is 4.74 Å². The van der Waals surface area contributed by atoms with E-state index in [1.54, 1.807) is 0 Å². The van der Waals surface area contributed by atoms with Crippen LogP contribution in [0.15, 0.2) is 0 Å². The Morgan fingerprint density at radius 2 is 2.44 bits per heavy atom. The zero-order valence-corrected chi connectivity index (χ0v) is 5.09. The van der Waals surface area contributed by atoms with Crippen LogP contribution in [0.25, 0.3) is 0 Å². The van der Waals surface area contributed by atoms with Gasteiger partial charge in [-0.25, -0.2) is 4.79 Å². The molecule has 1 N–H and O–H groups in total. The molecular weight excluding hydrogens is 118 g/mol. The Morgan fingerprint density at radius 3 is 3.22 bits per heavy atom. The van der Waals surface area contributed by atoms with Crippen molar-refractivity contribution in [1.82, 2.24) is 5.32 Å². The molecule has 1 aliphatic heterocycles. The molecule has 1 heterocycles. The van der Waals surface area contributed by atoms with Gasteiger partial charge in [-0.05, 0) is 19.3 Å². The lowest BCUT2D eigenvalue weighted by Crippen LogP contribution is -2.26. The highest BCUT2D eigenvalue weighted by Gasteiger charge is 2.37. The molecule has 2 aliphatic rings. The molecule has 0 bridgehead atoms. The van der Waals surface area contributed by atoms with Crippen molar-refractivity contribution in [3.8, 4) is 0 Å². The molecule has 2 rings (SSSR count). The molecule has 0 spiro atoms. The first kappa shape index (κ1) is 5.09. The fourth-order valence-electron chi connectivity index (χ4n) is 1.56. The molecule has 50 valence electrons. The second-order valence-corrected chi connectivity index (χ2v) is 2.63. The first-order valence-corrected chi connectivity index (χ1v) is 3.33. The fourth-order valence-corrected chi connectivity index (χ4v) is 1.56. The summed E-state index contributed by atoms with van der Waals surface area (Å²) in [5.41, 5.74) is 0. The van der Waals surface area contributed by atoms with Crippen LogP contribution in [-0.2, 0) is 4.74 Å². The zero-order chi connectivity index (χ0) is 6.27. The quantitative estimate of drug-likeness (QED) is 0.518. The van der Waals surface area contributed by atoms with Gasteiger partial charge in [0, 0.05) is 0 Å². The highest BCUT2D eigenvalue weighted by atomic mass is 16.6. The third kappa shape index (κ3) is 0.677. The molecule has 0 aromatic heterocycles. The molecular formula is C6H9NO2. The Labute approximate surface area is 53.4 Å². The first-order chi connectivity index (χ1) is 4.36. The average Bonchev–Trinajstić information content (AvgIpc) is 2.22. The van der Waals surface area contributed by atoms with Gasteiger partial charge in [-0.1, -0.05) is 0 Å². The summed E-state index contributed by atoms with van der Waals surface area (Å²) in [7, 11) is 0. The van der Waals surface area contributed by atoms with E-state index in [-0.39, 0.29) is 12.2 Å². The van der Waals surface area contributed by atoms with Crippen LogP contribution in [-0.4, -0.2) is 18.2 Å². The second kappa shape index (κ2) is 1.62. The van der Waals surface area contributed by atoms with Crippen molar-refractivity contribution in [2.24, 2.45) is 0 Å². The third-order valence-corrected chi connectivity index (χ3v) is 2.01. The topological polar surface area (TPSA) is 38.3 Å². The molecule has 3 heteroatoms. The minimum atomic E-state index is -0.232. The fraction of sp³-hybridized carbons (Fsp3) is 0.833. The zero-order valence-electron chi connectivity index (χ0n) is 5.09. The maximum Gasteiger partial charge on any atom is 0.407 e. The number of alkyl carbamates (subject to hydrolysis) is 1. The Bertz CT molecular complexity index is 132. The summed E-state index contributed by atoms with van der Waals surface area (Å²) in [6.07, 6.45) is 3.29. The van der Waals surface area contributed by atoms with Gasteiger partial charge in [0.25, 0.3) is 0 Å². The Balaban J connectivity index is 2.09. The van der Waals surface area contributed by atoms with E-state index in [0.717, 1.165) is 12.8 Å². The van der Waals surface area contributed by atoms with Crippen LogP contribution < -0.4 is 5.32 Å². The minimum absolute atomic E-state index is 0.192. The second-order valence-electron chi connectivity index (χ2n) is 2.63. The summed E-state index contributed by atoms with van der Waals surface area (Å²) in [4.78, 5) is 10.5. The highest BCUT2D eigenvalue weighted by molar-refractivity contribution is 5.70.